The van der Waals surface area contributed by atoms with Crippen LogP contribution in [0.5, 0.6) is 0 Å². The molecule has 1 aromatic rings. The lowest BCUT2D eigenvalue weighted by Gasteiger charge is -2.12. The molecule has 0 aliphatic carbocycles. The number of rotatable bonds is 4. The Labute approximate surface area is 115 Å². The lowest BCUT2D eigenvalue weighted by Crippen LogP contribution is -2.11. The van der Waals surface area contributed by atoms with E-state index >= 15 is 0 Å². The highest BCUT2D eigenvalue weighted by atomic mass is 19.4. The van der Waals surface area contributed by atoms with Crippen LogP contribution in [0.25, 0.3) is 0 Å². The number of benzene rings is 1. The standard InChI is InChI=1S/C15H17F3O2/c1-10-9-11(15(16,17)18)4-6-13(10)14(19)7-5-12-3-2-8-20-12/h4,6,9,12H,2-3,5,7-8H2,1H3. The second-order valence-electron chi connectivity index (χ2n) is 5.12. The van der Waals surface area contributed by atoms with E-state index in [2.05, 4.69) is 0 Å². The smallest absolute Gasteiger partial charge is 0.378 e. The number of hydrogen-bond donors (Lipinski definition) is 0. The Hall–Kier alpha value is -1.36. The summed E-state index contributed by atoms with van der Waals surface area (Å²) in [6.07, 6.45) is -1.33. The summed E-state index contributed by atoms with van der Waals surface area (Å²) in [6, 6.07) is 3.27. The first-order valence-corrected chi connectivity index (χ1v) is 6.70. The van der Waals surface area contributed by atoms with Gasteiger partial charge in [-0.2, -0.15) is 13.2 Å². The van der Waals surface area contributed by atoms with E-state index in [1.165, 1.54) is 13.0 Å². The third-order valence-corrected chi connectivity index (χ3v) is 3.57. The van der Waals surface area contributed by atoms with E-state index < -0.39 is 11.7 Å². The van der Waals surface area contributed by atoms with Gasteiger partial charge < -0.3 is 4.74 Å². The van der Waals surface area contributed by atoms with Gasteiger partial charge in [0, 0.05) is 18.6 Å². The minimum absolute atomic E-state index is 0.119. The number of Topliss-reactive ketones (excluding diaryl/α,β-unsaturated/α-hetero) is 1. The van der Waals surface area contributed by atoms with Gasteiger partial charge in [-0.1, -0.05) is 6.07 Å². The van der Waals surface area contributed by atoms with Gasteiger partial charge in [-0.15, -0.1) is 0 Å². The van der Waals surface area contributed by atoms with Crippen LogP contribution in [0.1, 0.15) is 47.2 Å². The predicted molar refractivity (Wildman–Crippen MR) is 68.7 cm³/mol. The second-order valence-corrected chi connectivity index (χ2v) is 5.12. The van der Waals surface area contributed by atoms with Gasteiger partial charge in [-0.3, -0.25) is 4.79 Å². The molecule has 2 nitrogen and oxygen atoms in total. The van der Waals surface area contributed by atoms with Crippen molar-refractivity contribution < 1.29 is 22.7 Å². The van der Waals surface area contributed by atoms with Crippen molar-refractivity contribution in [3.8, 4) is 0 Å². The Morgan fingerprint density at radius 2 is 2.15 bits per heavy atom. The van der Waals surface area contributed by atoms with Crippen LogP contribution in [0.15, 0.2) is 18.2 Å². The maximum atomic E-state index is 12.6. The van der Waals surface area contributed by atoms with Gasteiger partial charge in [0.05, 0.1) is 11.7 Å². The van der Waals surface area contributed by atoms with Crippen LogP contribution in [0.2, 0.25) is 0 Å². The molecular weight excluding hydrogens is 269 g/mol. The summed E-state index contributed by atoms with van der Waals surface area (Å²) < 4.78 is 43.1. The van der Waals surface area contributed by atoms with E-state index in [1.807, 2.05) is 0 Å². The number of hydrogen-bond acceptors (Lipinski definition) is 2. The van der Waals surface area contributed by atoms with Crippen molar-refractivity contribution in [3.05, 3.63) is 34.9 Å². The molecule has 1 unspecified atom stereocenters. The van der Waals surface area contributed by atoms with Crippen LogP contribution in [-0.2, 0) is 10.9 Å². The number of carbonyl (C=O) groups excluding carboxylic acids is 1. The molecule has 0 aromatic heterocycles. The summed E-state index contributed by atoms with van der Waals surface area (Å²) in [5, 5.41) is 0. The number of alkyl halides is 3. The third kappa shape index (κ3) is 3.60. The first-order valence-electron chi connectivity index (χ1n) is 6.70. The minimum Gasteiger partial charge on any atom is -0.378 e. The fourth-order valence-electron chi connectivity index (χ4n) is 2.45. The molecule has 1 fully saturated rings. The van der Waals surface area contributed by atoms with Gasteiger partial charge in [-0.25, -0.2) is 0 Å². The summed E-state index contributed by atoms with van der Waals surface area (Å²) >= 11 is 0. The third-order valence-electron chi connectivity index (χ3n) is 3.57. The molecule has 0 bridgehead atoms. The highest BCUT2D eigenvalue weighted by Crippen LogP contribution is 2.30. The molecule has 1 saturated heterocycles. The lowest BCUT2D eigenvalue weighted by molar-refractivity contribution is -0.137. The molecule has 2 rings (SSSR count). The average Bonchev–Trinajstić information content (AvgIpc) is 2.87. The van der Waals surface area contributed by atoms with Crippen LogP contribution in [0.3, 0.4) is 0 Å². The zero-order valence-corrected chi connectivity index (χ0v) is 11.3. The fourth-order valence-corrected chi connectivity index (χ4v) is 2.45. The van der Waals surface area contributed by atoms with Gasteiger partial charge in [0.1, 0.15) is 0 Å². The molecule has 0 saturated carbocycles. The summed E-state index contributed by atoms with van der Waals surface area (Å²) in [7, 11) is 0. The predicted octanol–water partition coefficient (Wildman–Crippen LogP) is 4.16. The van der Waals surface area contributed by atoms with Crippen molar-refractivity contribution in [1.82, 2.24) is 0 Å². The minimum atomic E-state index is -4.37. The van der Waals surface area contributed by atoms with Crippen LogP contribution < -0.4 is 0 Å². The van der Waals surface area contributed by atoms with Crippen LogP contribution in [0.4, 0.5) is 13.2 Å². The van der Waals surface area contributed by atoms with Gasteiger partial charge in [-0.05, 0) is 43.9 Å². The number of ketones is 1. The molecule has 0 radical (unpaired) electrons. The highest BCUT2D eigenvalue weighted by molar-refractivity contribution is 5.97. The highest BCUT2D eigenvalue weighted by Gasteiger charge is 2.31. The SMILES string of the molecule is Cc1cc(C(F)(F)F)ccc1C(=O)CCC1CCCO1. The summed E-state index contributed by atoms with van der Waals surface area (Å²) in [6.45, 7) is 2.27. The average molecular weight is 286 g/mol. The van der Waals surface area contributed by atoms with Gasteiger partial charge >= 0.3 is 6.18 Å². The monoisotopic (exact) mass is 286 g/mol. The molecule has 1 aliphatic rings. The van der Waals surface area contributed by atoms with E-state index in [9.17, 15) is 18.0 Å². The van der Waals surface area contributed by atoms with Crippen molar-refractivity contribution in [3.63, 3.8) is 0 Å². The zero-order chi connectivity index (χ0) is 14.8. The van der Waals surface area contributed by atoms with E-state index in [0.29, 0.717) is 24.0 Å². The van der Waals surface area contributed by atoms with Crippen LogP contribution >= 0.6 is 0 Å². The maximum Gasteiger partial charge on any atom is 0.416 e. The van der Waals surface area contributed by atoms with E-state index in [4.69, 9.17) is 4.74 Å². The molecule has 1 aliphatic heterocycles. The molecule has 1 aromatic carbocycles. The van der Waals surface area contributed by atoms with Gasteiger partial charge in [0.2, 0.25) is 0 Å². The number of halogens is 3. The largest absolute Gasteiger partial charge is 0.416 e. The van der Waals surface area contributed by atoms with Crippen LogP contribution in [-0.4, -0.2) is 18.5 Å². The van der Waals surface area contributed by atoms with Crippen LogP contribution in [0, 0.1) is 6.92 Å². The van der Waals surface area contributed by atoms with E-state index in [-0.39, 0.29) is 11.9 Å². The van der Waals surface area contributed by atoms with Crippen molar-refractivity contribution in [2.75, 3.05) is 6.61 Å². The number of carbonyl (C=O) groups is 1. The molecule has 1 atom stereocenters. The second kappa shape index (κ2) is 5.95. The summed E-state index contributed by atoms with van der Waals surface area (Å²) in [4.78, 5) is 12.0. The number of ether oxygens (including phenoxy) is 1. The lowest BCUT2D eigenvalue weighted by atomic mass is 9.97. The molecule has 0 spiro atoms. The number of aryl methyl sites for hydroxylation is 1. The van der Waals surface area contributed by atoms with Crippen molar-refractivity contribution in [1.29, 1.82) is 0 Å². The fraction of sp³-hybridized carbons (Fsp3) is 0.533. The maximum absolute atomic E-state index is 12.6. The van der Waals surface area contributed by atoms with Crippen molar-refractivity contribution in [2.24, 2.45) is 0 Å². The van der Waals surface area contributed by atoms with E-state index in [1.54, 1.807) is 0 Å². The zero-order valence-electron chi connectivity index (χ0n) is 11.3. The molecule has 1 heterocycles. The molecule has 110 valence electrons. The van der Waals surface area contributed by atoms with Crippen molar-refractivity contribution in [2.45, 2.75) is 44.9 Å². The first kappa shape index (κ1) is 15.0. The Balaban J connectivity index is 2.02. The molecule has 0 amide bonds. The molecule has 0 N–H and O–H groups in total. The van der Waals surface area contributed by atoms with Gasteiger partial charge in [0.15, 0.2) is 5.78 Å². The Morgan fingerprint density at radius 1 is 1.40 bits per heavy atom. The molecule has 20 heavy (non-hydrogen) atoms. The Bertz CT molecular complexity index is 488. The molecular formula is C15H17F3O2. The van der Waals surface area contributed by atoms with E-state index in [0.717, 1.165) is 31.6 Å². The Morgan fingerprint density at radius 3 is 2.70 bits per heavy atom. The molecule has 5 heteroatoms. The Kier molecular flexibility index (Phi) is 4.48. The van der Waals surface area contributed by atoms with Gasteiger partial charge in [0.25, 0.3) is 0 Å². The summed E-state index contributed by atoms with van der Waals surface area (Å²) in [5.74, 6) is -0.119. The summed E-state index contributed by atoms with van der Waals surface area (Å²) in [5.41, 5.74) is 0.0267. The quantitative estimate of drug-likeness (QED) is 0.777. The van der Waals surface area contributed by atoms with Crippen molar-refractivity contribution >= 4 is 5.78 Å². The topological polar surface area (TPSA) is 26.3 Å². The normalized spacial score (nSPS) is 19.3. The first-order chi connectivity index (χ1) is 9.38.